The lowest BCUT2D eigenvalue weighted by Gasteiger charge is -2.22. The minimum absolute atomic E-state index is 0.0535. The van der Waals surface area contributed by atoms with Crippen molar-refractivity contribution in [2.45, 2.75) is 12.5 Å². The van der Waals surface area contributed by atoms with Gasteiger partial charge < -0.3 is 4.74 Å². The predicted molar refractivity (Wildman–Crippen MR) is 106 cm³/mol. The third kappa shape index (κ3) is 3.44. The van der Waals surface area contributed by atoms with Crippen LogP contribution in [0.1, 0.15) is 5.56 Å². The Hall–Kier alpha value is -3.67. The highest BCUT2D eigenvalue weighted by Crippen LogP contribution is 2.32. The van der Waals surface area contributed by atoms with Crippen LogP contribution in [-0.2, 0) is 11.2 Å². The van der Waals surface area contributed by atoms with Crippen LogP contribution in [-0.4, -0.2) is 23.7 Å². The van der Waals surface area contributed by atoms with E-state index < -0.39 is 4.92 Å². The summed E-state index contributed by atoms with van der Waals surface area (Å²) in [4.78, 5) is 24.8. The number of nitrogens with zero attached hydrogens (tertiary/aromatic N) is 2. The monoisotopic (exact) mass is 374 g/mol. The first kappa shape index (κ1) is 17.7. The number of cyclic esters (lactones) is 1. The molecule has 0 spiro atoms. The Morgan fingerprint density at radius 1 is 0.964 bits per heavy atom. The van der Waals surface area contributed by atoms with Crippen LogP contribution in [0.25, 0.3) is 11.1 Å². The van der Waals surface area contributed by atoms with E-state index in [0.717, 1.165) is 11.1 Å². The normalized spacial score (nSPS) is 16.1. The number of anilines is 1. The summed E-state index contributed by atoms with van der Waals surface area (Å²) in [5.41, 5.74) is 3.17. The first-order valence-corrected chi connectivity index (χ1v) is 8.97. The first-order valence-electron chi connectivity index (χ1n) is 8.97. The fourth-order valence-corrected chi connectivity index (χ4v) is 3.49. The molecule has 0 bridgehead atoms. The molecule has 0 unspecified atom stereocenters. The van der Waals surface area contributed by atoms with Gasteiger partial charge in [0.15, 0.2) is 0 Å². The van der Waals surface area contributed by atoms with Crippen molar-refractivity contribution in [3.8, 4) is 11.1 Å². The molecular weight excluding hydrogens is 356 g/mol. The molecule has 0 N–H and O–H groups in total. The molecule has 3 aromatic carbocycles. The molecule has 1 atom stereocenters. The average molecular weight is 374 g/mol. The van der Waals surface area contributed by atoms with Gasteiger partial charge in [-0.1, -0.05) is 54.6 Å². The highest BCUT2D eigenvalue weighted by molar-refractivity contribution is 5.91. The Balaban J connectivity index is 1.61. The maximum absolute atomic E-state index is 12.3. The van der Waals surface area contributed by atoms with Gasteiger partial charge in [-0.25, -0.2) is 4.79 Å². The minimum Gasteiger partial charge on any atom is -0.447 e. The molecule has 0 radical (unpaired) electrons. The number of ether oxygens (including phenoxy) is 1. The van der Waals surface area contributed by atoms with Gasteiger partial charge in [0.25, 0.3) is 5.69 Å². The number of nitro benzene ring substituents is 1. The molecule has 28 heavy (non-hydrogen) atoms. The summed E-state index contributed by atoms with van der Waals surface area (Å²) in [6.07, 6.45) is 0.317. The van der Waals surface area contributed by atoms with Crippen LogP contribution in [0.15, 0.2) is 78.9 Å². The molecule has 1 amide bonds. The molecule has 1 aliphatic rings. The summed E-state index contributed by atoms with van der Waals surface area (Å²) in [7, 11) is 0. The van der Waals surface area contributed by atoms with Crippen molar-refractivity contribution < 1.29 is 14.5 Å². The van der Waals surface area contributed by atoms with E-state index in [2.05, 4.69) is 0 Å². The SMILES string of the molecule is O=C1OC[C@@H](Cc2ccccc2)N1c1ccc(-c2ccccc2[N+](=O)[O-])cc1. The van der Waals surface area contributed by atoms with E-state index in [1.165, 1.54) is 6.07 Å². The smallest absolute Gasteiger partial charge is 0.414 e. The second-order valence-electron chi connectivity index (χ2n) is 6.61. The number of para-hydroxylation sites is 1. The molecule has 1 aliphatic heterocycles. The highest BCUT2D eigenvalue weighted by Gasteiger charge is 2.34. The molecule has 140 valence electrons. The maximum atomic E-state index is 12.3. The molecule has 6 heteroatoms. The number of amides is 1. The van der Waals surface area contributed by atoms with Gasteiger partial charge in [-0.05, 0) is 35.7 Å². The Labute approximate surface area is 162 Å². The van der Waals surface area contributed by atoms with Crippen molar-refractivity contribution in [1.29, 1.82) is 0 Å². The number of carbonyl (C=O) groups excluding carboxylic acids is 1. The van der Waals surface area contributed by atoms with E-state index >= 15 is 0 Å². The lowest BCUT2D eigenvalue weighted by Crippen LogP contribution is -2.35. The zero-order chi connectivity index (χ0) is 19.5. The number of carbonyl (C=O) groups is 1. The molecule has 0 saturated carbocycles. The van der Waals surface area contributed by atoms with Crippen LogP contribution in [0.3, 0.4) is 0 Å². The van der Waals surface area contributed by atoms with E-state index in [-0.39, 0.29) is 17.8 Å². The van der Waals surface area contributed by atoms with Gasteiger partial charge >= 0.3 is 6.09 Å². The van der Waals surface area contributed by atoms with E-state index in [9.17, 15) is 14.9 Å². The topological polar surface area (TPSA) is 72.7 Å². The van der Waals surface area contributed by atoms with Crippen LogP contribution in [0.4, 0.5) is 16.2 Å². The zero-order valence-electron chi connectivity index (χ0n) is 15.0. The Morgan fingerprint density at radius 3 is 2.36 bits per heavy atom. The average Bonchev–Trinajstić information content (AvgIpc) is 3.09. The summed E-state index contributed by atoms with van der Waals surface area (Å²) in [5.74, 6) is 0. The van der Waals surface area contributed by atoms with Crippen molar-refractivity contribution in [2.24, 2.45) is 0 Å². The third-order valence-electron chi connectivity index (χ3n) is 4.83. The fourth-order valence-electron chi connectivity index (χ4n) is 3.49. The van der Waals surface area contributed by atoms with Crippen LogP contribution in [0.5, 0.6) is 0 Å². The van der Waals surface area contributed by atoms with Gasteiger partial charge in [0.05, 0.1) is 16.5 Å². The van der Waals surface area contributed by atoms with Crippen LogP contribution in [0, 0.1) is 10.1 Å². The number of rotatable bonds is 5. The quantitative estimate of drug-likeness (QED) is 0.474. The second kappa shape index (κ2) is 7.52. The van der Waals surface area contributed by atoms with E-state index in [1.807, 2.05) is 30.3 Å². The van der Waals surface area contributed by atoms with Gasteiger partial charge in [-0.15, -0.1) is 0 Å². The number of nitro groups is 1. The minimum atomic E-state index is -0.392. The molecule has 0 aromatic heterocycles. The Morgan fingerprint density at radius 2 is 1.64 bits per heavy atom. The van der Waals surface area contributed by atoms with Gasteiger partial charge in [0, 0.05) is 11.8 Å². The van der Waals surface area contributed by atoms with Crippen LogP contribution < -0.4 is 4.90 Å². The molecule has 4 rings (SSSR count). The van der Waals surface area contributed by atoms with Crippen LogP contribution >= 0.6 is 0 Å². The number of hydrogen-bond donors (Lipinski definition) is 0. The molecule has 3 aromatic rings. The zero-order valence-corrected chi connectivity index (χ0v) is 15.0. The Bertz CT molecular complexity index is 1000. The lowest BCUT2D eigenvalue weighted by molar-refractivity contribution is -0.384. The van der Waals surface area contributed by atoms with Crippen molar-refractivity contribution in [3.05, 3.63) is 94.5 Å². The highest BCUT2D eigenvalue weighted by atomic mass is 16.6. The number of hydrogen-bond acceptors (Lipinski definition) is 4. The van der Waals surface area contributed by atoms with Gasteiger partial charge in [-0.2, -0.15) is 0 Å². The molecule has 1 fully saturated rings. The van der Waals surface area contributed by atoms with Gasteiger partial charge in [-0.3, -0.25) is 15.0 Å². The maximum Gasteiger partial charge on any atom is 0.414 e. The van der Waals surface area contributed by atoms with Crippen LogP contribution in [0.2, 0.25) is 0 Å². The summed E-state index contributed by atoms with van der Waals surface area (Å²) in [5, 5.41) is 11.3. The van der Waals surface area contributed by atoms with E-state index in [1.54, 1.807) is 47.4 Å². The molecule has 1 saturated heterocycles. The largest absolute Gasteiger partial charge is 0.447 e. The summed E-state index contributed by atoms with van der Waals surface area (Å²) in [6, 6.07) is 23.7. The molecule has 1 heterocycles. The fraction of sp³-hybridized carbons (Fsp3) is 0.136. The second-order valence-corrected chi connectivity index (χ2v) is 6.61. The lowest BCUT2D eigenvalue weighted by atomic mass is 10.0. The molecule has 0 aliphatic carbocycles. The van der Waals surface area contributed by atoms with Crippen molar-refractivity contribution in [1.82, 2.24) is 0 Å². The molecule has 6 nitrogen and oxygen atoms in total. The standard InChI is InChI=1S/C22H18N2O4/c25-22-23(19(15-28-22)14-16-6-2-1-3-7-16)18-12-10-17(11-13-18)20-8-4-5-9-21(20)24(26)27/h1-13,19H,14-15H2/t19-/m1/s1. The first-order chi connectivity index (χ1) is 13.6. The number of benzene rings is 3. The summed E-state index contributed by atoms with van der Waals surface area (Å²) >= 11 is 0. The molecular formula is C22H18N2O4. The van der Waals surface area contributed by atoms with Crippen molar-refractivity contribution in [3.63, 3.8) is 0 Å². The van der Waals surface area contributed by atoms with Crippen molar-refractivity contribution in [2.75, 3.05) is 11.5 Å². The summed E-state index contributed by atoms with van der Waals surface area (Å²) in [6.45, 7) is 0.333. The van der Waals surface area contributed by atoms with E-state index in [0.29, 0.717) is 24.3 Å². The van der Waals surface area contributed by atoms with Crippen molar-refractivity contribution >= 4 is 17.5 Å². The summed E-state index contributed by atoms with van der Waals surface area (Å²) < 4.78 is 5.27. The third-order valence-corrected chi connectivity index (χ3v) is 4.83. The van der Waals surface area contributed by atoms with E-state index in [4.69, 9.17) is 4.74 Å². The van der Waals surface area contributed by atoms with Gasteiger partial charge in [0.2, 0.25) is 0 Å². The van der Waals surface area contributed by atoms with Gasteiger partial charge in [0.1, 0.15) is 6.61 Å². The Kier molecular flexibility index (Phi) is 4.76. The predicted octanol–water partition coefficient (Wildman–Crippen LogP) is 4.83.